The minimum Gasteiger partial charge on any atom is -0.481 e. The van der Waals surface area contributed by atoms with Crippen LogP contribution in [0.15, 0.2) is 0 Å². The van der Waals surface area contributed by atoms with Crippen molar-refractivity contribution in [3.63, 3.8) is 0 Å². The maximum Gasteiger partial charge on any atom is 0.303 e. The SMILES string of the molecule is CCCC(C(C)C)C(CN)CC(=O)O. The highest BCUT2D eigenvalue weighted by molar-refractivity contribution is 5.67. The van der Waals surface area contributed by atoms with Gasteiger partial charge in [-0.05, 0) is 24.3 Å². The van der Waals surface area contributed by atoms with Crippen LogP contribution >= 0.6 is 0 Å². The zero-order valence-corrected chi connectivity index (χ0v) is 9.49. The van der Waals surface area contributed by atoms with E-state index in [1.807, 2.05) is 0 Å². The molecular formula is C11H23NO2. The van der Waals surface area contributed by atoms with Crippen LogP contribution in [-0.2, 0) is 4.79 Å². The Morgan fingerprint density at radius 2 is 2.00 bits per heavy atom. The highest BCUT2D eigenvalue weighted by Gasteiger charge is 2.24. The Balaban J connectivity index is 4.32. The van der Waals surface area contributed by atoms with E-state index in [-0.39, 0.29) is 12.3 Å². The van der Waals surface area contributed by atoms with Crippen LogP contribution in [0.25, 0.3) is 0 Å². The van der Waals surface area contributed by atoms with Crippen LogP contribution in [-0.4, -0.2) is 17.6 Å². The fourth-order valence-electron chi connectivity index (χ4n) is 2.08. The predicted octanol–water partition coefficient (Wildman–Crippen LogP) is 2.11. The van der Waals surface area contributed by atoms with Gasteiger partial charge in [0, 0.05) is 6.42 Å². The summed E-state index contributed by atoms with van der Waals surface area (Å²) in [5.41, 5.74) is 5.63. The van der Waals surface area contributed by atoms with Crippen LogP contribution in [0.4, 0.5) is 0 Å². The molecule has 2 atom stereocenters. The summed E-state index contributed by atoms with van der Waals surface area (Å²) in [7, 11) is 0. The van der Waals surface area contributed by atoms with Crippen molar-refractivity contribution >= 4 is 5.97 Å². The molecule has 0 aliphatic carbocycles. The zero-order chi connectivity index (χ0) is 11.1. The van der Waals surface area contributed by atoms with Gasteiger partial charge in [0.2, 0.25) is 0 Å². The second-order valence-electron chi connectivity index (χ2n) is 4.29. The van der Waals surface area contributed by atoms with Crippen molar-refractivity contribution in [3.8, 4) is 0 Å². The highest BCUT2D eigenvalue weighted by atomic mass is 16.4. The summed E-state index contributed by atoms with van der Waals surface area (Å²) in [6, 6.07) is 0. The number of hydrogen-bond donors (Lipinski definition) is 2. The molecule has 0 saturated carbocycles. The van der Waals surface area contributed by atoms with Gasteiger partial charge >= 0.3 is 5.97 Å². The third kappa shape index (κ3) is 4.61. The Morgan fingerprint density at radius 1 is 1.43 bits per heavy atom. The molecule has 0 aromatic heterocycles. The quantitative estimate of drug-likeness (QED) is 0.663. The number of carbonyl (C=O) groups is 1. The van der Waals surface area contributed by atoms with Crippen molar-refractivity contribution in [2.75, 3.05) is 6.54 Å². The van der Waals surface area contributed by atoms with Gasteiger partial charge in [-0.3, -0.25) is 4.79 Å². The van der Waals surface area contributed by atoms with Crippen molar-refractivity contribution in [2.24, 2.45) is 23.5 Å². The minimum absolute atomic E-state index is 0.132. The third-order valence-corrected chi connectivity index (χ3v) is 2.82. The van der Waals surface area contributed by atoms with Gasteiger partial charge < -0.3 is 10.8 Å². The van der Waals surface area contributed by atoms with Gasteiger partial charge in [-0.25, -0.2) is 0 Å². The van der Waals surface area contributed by atoms with Crippen LogP contribution in [0.1, 0.15) is 40.0 Å². The molecule has 0 heterocycles. The van der Waals surface area contributed by atoms with E-state index in [0.29, 0.717) is 18.4 Å². The van der Waals surface area contributed by atoms with Crippen LogP contribution in [0, 0.1) is 17.8 Å². The van der Waals surface area contributed by atoms with E-state index in [4.69, 9.17) is 10.8 Å². The first-order valence-electron chi connectivity index (χ1n) is 5.44. The lowest BCUT2D eigenvalue weighted by molar-refractivity contribution is -0.138. The molecule has 84 valence electrons. The maximum atomic E-state index is 10.6. The third-order valence-electron chi connectivity index (χ3n) is 2.82. The van der Waals surface area contributed by atoms with Gasteiger partial charge in [-0.15, -0.1) is 0 Å². The maximum absolute atomic E-state index is 10.6. The lowest BCUT2D eigenvalue weighted by atomic mass is 9.79. The van der Waals surface area contributed by atoms with E-state index < -0.39 is 5.97 Å². The normalized spacial score (nSPS) is 15.5. The van der Waals surface area contributed by atoms with Crippen LogP contribution in [0.2, 0.25) is 0 Å². The van der Waals surface area contributed by atoms with Gasteiger partial charge in [0.05, 0.1) is 0 Å². The second kappa shape index (κ2) is 6.82. The van der Waals surface area contributed by atoms with E-state index in [1.54, 1.807) is 0 Å². The Kier molecular flexibility index (Phi) is 6.54. The fourth-order valence-corrected chi connectivity index (χ4v) is 2.08. The molecule has 2 unspecified atom stereocenters. The van der Waals surface area contributed by atoms with E-state index in [0.717, 1.165) is 12.8 Å². The molecule has 0 fully saturated rings. The molecule has 0 aliphatic heterocycles. The Labute approximate surface area is 86.7 Å². The minimum atomic E-state index is -0.734. The number of rotatable bonds is 7. The molecule has 0 aliphatic rings. The lowest BCUT2D eigenvalue weighted by Crippen LogP contribution is -2.29. The Hall–Kier alpha value is -0.570. The van der Waals surface area contributed by atoms with Gasteiger partial charge in [-0.1, -0.05) is 33.6 Å². The first-order valence-corrected chi connectivity index (χ1v) is 5.44. The Morgan fingerprint density at radius 3 is 2.29 bits per heavy atom. The van der Waals surface area contributed by atoms with Crippen molar-refractivity contribution in [1.82, 2.24) is 0 Å². The summed E-state index contributed by atoms with van der Waals surface area (Å²) in [4.78, 5) is 10.6. The summed E-state index contributed by atoms with van der Waals surface area (Å²) >= 11 is 0. The molecule has 0 saturated heterocycles. The lowest BCUT2D eigenvalue weighted by Gasteiger charge is -2.28. The smallest absolute Gasteiger partial charge is 0.303 e. The van der Waals surface area contributed by atoms with E-state index in [1.165, 1.54) is 0 Å². The first-order chi connectivity index (χ1) is 6.52. The number of hydrogen-bond acceptors (Lipinski definition) is 2. The Bertz CT molecular complexity index is 169. The number of nitrogens with two attached hydrogens (primary N) is 1. The van der Waals surface area contributed by atoms with Gasteiger partial charge in [0.1, 0.15) is 0 Å². The molecule has 0 rings (SSSR count). The summed E-state index contributed by atoms with van der Waals surface area (Å²) in [6.07, 6.45) is 2.38. The predicted molar refractivity (Wildman–Crippen MR) is 58.0 cm³/mol. The van der Waals surface area contributed by atoms with Crippen molar-refractivity contribution in [3.05, 3.63) is 0 Å². The number of carboxylic acids is 1. The highest BCUT2D eigenvalue weighted by Crippen LogP contribution is 2.27. The molecule has 3 heteroatoms. The van der Waals surface area contributed by atoms with Crippen molar-refractivity contribution in [2.45, 2.75) is 40.0 Å². The van der Waals surface area contributed by atoms with Crippen LogP contribution < -0.4 is 5.73 Å². The van der Waals surface area contributed by atoms with Crippen LogP contribution in [0.3, 0.4) is 0 Å². The fraction of sp³-hybridized carbons (Fsp3) is 0.909. The average molecular weight is 201 g/mol. The molecule has 0 spiro atoms. The van der Waals surface area contributed by atoms with Gasteiger partial charge in [0.25, 0.3) is 0 Å². The molecule has 3 nitrogen and oxygen atoms in total. The molecular weight excluding hydrogens is 178 g/mol. The van der Waals surface area contributed by atoms with Gasteiger partial charge in [-0.2, -0.15) is 0 Å². The molecule has 0 bridgehead atoms. The monoisotopic (exact) mass is 201 g/mol. The average Bonchev–Trinajstić information content (AvgIpc) is 2.10. The molecule has 0 aromatic rings. The molecule has 14 heavy (non-hydrogen) atoms. The summed E-state index contributed by atoms with van der Waals surface area (Å²) in [5, 5.41) is 8.76. The topological polar surface area (TPSA) is 63.3 Å². The first kappa shape index (κ1) is 13.4. The number of aliphatic carboxylic acids is 1. The molecule has 0 amide bonds. The summed E-state index contributed by atoms with van der Waals surface area (Å²) < 4.78 is 0. The van der Waals surface area contributed by atoms with E-state index >= 15 is 0 Å². The van der Waals surface area contributed by atoms with Crippen molar-refractivity contribution < 1.29 is 9.90 Å². The van der Waals surface area contributed by atoms with E-state index in [9.17, 15) is 4.79 Å². The second-order valence-corrected chi connectivity index (χ2v) is 4.29. The zero-order valence-electron chi connectivity index (χ0n) is 9.49. The van der Waals surface area contributed by atoms with Gasteiger partial charge in [0.15, 0.2) is 0 Å². The summed E-state index contributed by atoms with van der Waals surface area (Å²) in [5.74, 6) is 0.360. The molecule has 0 radical (unpaired) electrons. The van der Waals surface area contributed by atoms with E-state index in [2.05, 4.69) is 20.8 Å². The summed E-state index contributed by atoms with van der Waals surface area (Å²) in [6.45, 7) is 6.90. The largest absolute Gasteiger partial charge is 0.481 e. The molecule has 0 aromatic carbocycles. The van der Waals surface area contributed by atoms with Crippen molar-refractivity contribution in [1.29, 1.82) is 0 Å². The number of carboxylic acid groups (broad SMARTS) is 1. The van der Waals surface area contributed by atoms with Crippen LogP contribution in [0.5, 0.6) is 0 Å². The standard InChI is InChI=1S/C11H23NO2/c1-4-5-10(8(2)3)9(7-12)6-11(13)14/h8-10H,4-7,12H2,1-3H3,(H,13,14). The molecule has 3 N–H and O–H groups in total.